The van der Waals surface area contributed by atoms with Gasteiger partial charge in [0.05, 0.1) is 6.10 Å². The van der Waals surface area contributed by atoms with Crippen molar-refractivity contribution in [1.29, 1.82) is 0 Å². The predicted molar refractivity (Wildman–Crippen MR) is 74.1 cm³/mol. The average Bonchev–Trinajstić information content (AvgIpc) is 2.18. The molecule has 1 aliphatic rings. The molecule has 1 fully saturated rings. The molecular formula is C15H31NO. The van der Waals surface area contributed by atoms with Crippen LogP contribution < -0.4 is 0 Å². The lowest BCUT2D eigenvalue weighted by molar-refractivity contribution is -0.0153. The second-order valence-corrected chi connectivity index (χ2v) is 7.42. The van der Waals surface area contributed by atoms with Gasteiger partial charge in [0.1, 0.15) is 0 Å². The van der Waals surface area contributed by atoms with Gasteiger partial charge in [0.25, 0.3) is 0 Å². The zero-order chi connectivity index (χ0) is 13.6. The Morgan fingerprint density at radius 3 is 1.94 bits per heavy atom. The van der Waals surface area contributed by atoms with E-state index in [9.17, 15) is 5.11 Å². The second kappa shape index (κ2) is 4.55. The molecule has 0 spiro atoms. The van der Waals surface area contributed by atoms with Crippen molar-refractivity contribution in [2.24, 2.45) is 10.8 Å². The summed E-state index contributed by atoms with van der Waals surface area (Å²) in [4.78, 5) is 2.58. The Morgan fingerprint density at radius 1 is 1.06 bits per heavy atom. The monoisotopic (exact) mass is 241 g/mol. The van der Waals surface area contributed by atoms with Gasteiger partial charge in [0.2, 0.25) is 0 Å². The van der Waals surface area contributed by atoms with Crippen LogP contribution in [0, 0.1) is 10.8 Å². The van der Waals surface area contributed by atoms with Gasteiger partial charge in [-0.25, -0.2) is 0 Å². The molecule has 1 aliphatic heterocycles. The lowest BCUT2D eigenvalue weighted by Gasteiger charge is -2.46. The van der Waals surface area contributed by atoms with E-state index in [1.165, 1.54) is 0 Å². The number of aliphatic hydroxyl groups is 1. The summed E-state index contributed by atoms with van der Waals surface area (Å²) in [6.07, 6.45) is 0.660. The lowest BCUT2D eigenvalue weighted by Crippen LogP contribution is -2.53. The molecule has 1 heterocycles. The smallest absolute Gasteiger partial charge is 0.0611 e. The van der Waals surface area contributed by atoms with Gasteiger partial charge in [-0.2, -0.15) is 0 Å². The Kier molecular flexibility index (Phi) is 4.01. The molecule has 0 saturated carbocycles. The average molecular weight is 241 g/mol. The highest BCUT2D eigenvalue weighted by Gasteiger charge is 2.48. The summed E-state index contributed by atoms with van der Waals surface area (Å²) in [6.45, 7) is 18.1. The van der Waals surface area contributed by atoms with Gasteiger partial charge in [-0.05, 0) is 39.5 Å². The van der Waals surface area contributed by atoms with Crippen molar-refractivity contribution in [3.05, 3.63) is 0 Å². The van der Waals surface area contributed by atoms with E-state index in [1.807, 2.05) is 0 Å². The van der Waals surface area contributed by atoms with Gasteiger partial charge >= 0.3 is 0 Å². The fraction of sp³-hybridized carbons (Fsp3) is 1.00. The van der Waals surface area contributed by atoms with Crippen molar-refractivity contribution < 1.29 is 5.11 Å². The van der Waals surface area contributed by atoms with E-state index in [-0.39, 0.29) is 16.9 Å². The number of hydrogen-bond donors (Lipinski definition) is 1. The molecule has 0 aliphatic carbocycles. The molecule has 0 bridgehead atoms. The quantitative estimate of drug-likeness (QED) is 0.761. The van der Waals surface area contributed by atoms with E-state index in [1.54, 1.807) is 0 Å². The highest BCUT2D eigenvalue weighted by Crippen LogP contribution is 2.44. The Morgan fingerprint density at radius 2 is 1.53 bits per heavy atom. The Bertz CT molecular complexity index is 270. The van der Waals surface area contributed by atoms with E-state index in [2.05, 4.69) is 60.3 Å². The van der Waals surface area contributed by atoms with E-state index < -0.39 is 0 Å². The topological polar surface area (TPSA) is 23.5 Å². The standard InChI is InChI=1S/C15H31NO/c1-10(2)16-11(3)14(5,6)9-13(17)15(7,8)12(16)4/h10-13,17H,9H2,1-8H3. The van der Waals surface area contributed by atoms with Crippen LogP contribution in [0.2, 0.25) is 0 Å². The predicted octanol–water partition coefficient (Wildman–Crippen LogP) is 3.29. The summed E-state index contributed by atoms with van der Waals surface area (Å²) < 4.78 is 0. The van der Waals surface area contributed by atoms with Gasteiger partial charge in [-0.3, -0.25) is 4.90 Å². The largest absolute Gasteiger partial charge is 0.392 e. The third-order valence-corrected chi connectivity index (χ3v) is 5.28. The third kappa shape index (κ3) is 2.53. The fourth-order valence-electron chi connectivity index (χ4n) is 3.23. The maximum Gasteiger partial charge on any atom is 0.0611 e. The van der Waals surface area contributed by atoms with E-state index in [0.717, 1.165) is 6.42 Å². The number of likely N-dealkylation sites (tertiary alicyclic amines) is 1. The summed E-state index contributed by atoms with van der Waals surface area (Å²) in [5, 5.41) is 10.5. The first-order valence-corrected chi connectivity index (χ1v) is 6.97. The fourth-order valence-corrected chi connectivity index (χ4v) is 3.23. The first kappa shape index (κ1) is 15.0. The van der Waals surface area contributed by atoms with Crippen LogP contribution in [0.4, 0.5) is 0 Å². The SMILES string of the molecule is CC(C)N1C(C)C(C)(C)CC(O)C(C)(C)C1C. The van der Waals surface area contributed by atoms with E-state index in [4.69, 9.17) is 0 Å². The van der Waals surface area contributed by atoms with Gasteiger partial charge in [-0.15, -0.1) is 0 Å². The number of hydrogen-bond acceptors (Lipinski definition) is 2. The van der Waals surface area contributed by atoms with Crippen LogP contribution in [-0.2, 0) is 0 Å². The van der Waals surface area contributed by atoms with Crippen LogP contribution in [0.15, 0.2) is 0 Å². The van der Waals surface area contributed by atoms with Crippen molar-refractivity contribution in [2.75, 3.05) is 0 Å². The molecule has 1 saturated heterocycles. The first-order valence-electron chi connectivity index (χ1n) is 6.97. The van der Waals surface area contributed by atoms with Crippen molar-refractivity contribution in [3.63, 3.8) is 0 Å². The molecule has 0 aromatic carbocycles. The molecule has 0 aromatic rings. The summed E-state index contributed by atoms with van der Waals surface area (Å²) in [5.41, 5.74) is 0.109. The van der Waals surface area contributed by atoms with Crippen LogP contribution >= 0.6 is 0 Å². The first-order chi connectivity index (χ1) is 7.51. The van der Waals surface area contributed by atoms with E-state index >= 15 is 0 Å². The summed E-state index contributed by atoms with van der Waals surface area (Å²) in [7, 11) is 0. The molecule has 0 radical (unpaired) electrons. The van der Waals surface area contributed by atoms with Gasteiger partial charge in [-0.1, -0.05) is 27.7 Å². The van der Waals surface area contributed by atoms with Crippen LogP contribution in [-0.4, -0.2) is 34.2 Å². The van der Waals surface area contributed by atoms with Crippen molar-refractivity contribution >= 4 is 0 Å². The molecule has 2 heteroatoms. The maximum absolute atomic E-state index is 10.5. The Hall–Kier alpha value is -0.0800. The molecule has 17 heavy (non-hydrogen) atoms. The lowest BCUT2D eigenvalue weighted by atomic mass is 9.74. The Balaban J connectivity index is 3.20. The van der Waals surface area contributed by atoms with Crippen LogP contribution in [0.1, 0.15) is 61.8 Å². The molecular weight excluding hydrogens is 210 g/mol. The van der Waals surface area contributed by atoms with Crippen molar-refractivity contribution in [1.82, 2.24) is 4.90 Å². The molecule has 3 atom stereocenters. The zero-order valence-corrected chi connectivity index (χ0v) is 12.9. The molecule has 2 nitrogen and oxygen atoms in total. The highest BCUT2D eigenvalue weighted by molar-refractivity contribution is 5.00. The molecule has 102 valence electrons. The Labute approximate surface area is 107 Å². The summed E-state index contributed by atoms with van der Waals surface area (Å²) in [6, 6.07) is 1.41. The van der Waals surface area contributed by atoms with Gasteiger partial charge in [0, 0.05) is 23.5 Å². The maximum atomic E-state index is 10.5. The van der Waals surface area contributed by atoms with E-state index in [0.29, 0.717) is 18.1 Å². The minimum Gasteiger partial charge on any atom is -0.392 e. The second-order valence-electron chi connectivity index (χ2n) is 7.42. The van der Waals surface area contributed by atoms with Crippen molar-refractivity contribution in [3.8, 4) is 0 Å². The molecule has 0 aromatic heterocycles. The highest BCUT2D eigenvalue weighted by atomic mass is 16.3. The minimum absolute atomic E-state index is 0.0493. The molecule has 1 rings (SSSR count). The molecule has 0 amide bonds. The summed E-state index contributed by atoms with van der Waals surface area (Å²) >= 11 is 0. The number of rotatable bonds is 1. The van der Waals surface area contributed by atoms with Crippen LogP contribution in [0.5, 0.6) is 0 Å². The van der Waals surface area contributed by atoms with Crippen LogP contribution in [0.25, 0.3) is 0 Å². The molecule has 1 N–H and O–H groups in total. The molecule has 3 unspecified atom stereocenters. The normalized spacial score (nSPS) is 38.1. The zero-order valence-electron chi connectivity index (χ0n) is 12.9. The summed E-state index contributed by atoms with van der Waals surface area (Å²) in [5.74, 6) is 0. The van der Waals surface area contributed by atoms with Crippen LogP contribution in [0.3, 0.4) is 0 Å². The van der Waals surface area contributed by atoms with Crippen molar-refractivity contribution in [2.45, 2.75) is 86.0 Å². The number of nitrogens with zero attached hydrogens (tertiary/aromatic N) is 1. The third-order valence-electron chi connectivity index (χ3n) is 5.28. The minimum atomic E-state index is -0.223. The van der Waals surface area contributed by atoms with Gasteiger partial charge in [0.15, 0.2) is 0 Å². The van der Waals surface area contributed by atoms with Gasteiger partial charge < -0.3 is 5.11 Å². The number of aliphatic hydroxyl groups excluding tert-OH is 1.